The largest absolute Gasteiger partial charge is 0.383 e. The smallest absolute Gasteiger partial charge is 0.166 e. The number of likely N-dealkylation sites (N-methyl/N-ethyl adjacent to an activating group) is 1. The fourth-order valence-electron chi connectivity index (χ4n) is 2.29. The van der Waals surface area contributed by atoms with Gasteiger partial charge in [-0.2, -0.15) is 11.8 Å². The van der Waals surface area contributed by atoms with E-state index in [9.17, 15) is 8.42 Å². The molecular weight excluding hydrogens is 284 g/mol. The second kappa shape index (κ2) is 8.46. The normalized spacial score (nSPS) is 23.4. The molecule has 1 saturated heterocycles. The second-order valence-corrected chi connectivity index (χ2v) is 8.23. The zero-order valence-electron chi connectivity index (χ0n) is 12.1. The van der Waals surface area contributed by atoms with Crippen molar-refractivity contribution in [2.75, 3.05) is 50.6 Å². The van der Waals surface area contributed by atoms with Gasteiger partial charge in [0.15, 0.2) is 9.84 Å². The Morgan fingerprint density at radius 1 is 1.47 bits per heavy atom. The molecule has 0 bridgehead atoms. The third-order valence-electron chi connectivity index (χ3n) is 3.40. The first kappa shape index (κ1) is 17.2. The van der Waals surface area contributed by atoms with Crippen molar-refractivity contribution in [1.82, 2.24) is 10.2 Å². The highest BCUT2D eigenvalue weighted by Crippen LogP contribution is 2.23. The molecule has 0 saturated carbocycles. The van der Waals surface area contributed by atoms with Crippen LogP contribution >= 0.6 is 11.8 Å². The molecule has 19 heavy (non-hydrogen) atoms. The summed E-state index contributed by atoms with van der Waals surface area (Å²) in [5, 5.41) is 2.93. The Labute approximate surface area is 121 Å². The lowest BCUT2D eigenvalue weighted by Crippen LogP contribution is -2.56. The van der Waals surface area contributed by atoms with Crippen LogP contribution in [-0.2, 0) is 14.6 Å². The van der Waals surface area contributed by atoms with E-state index in [1.165, 1.54) is 0 Å². The van der Waals surface area contributed by atoms with Crippen molar-refractivity contribution < 1.29 is 13.2 Å². The van der Waals surface area contributed by atoms with Gasteiger partial charge in [0.25, 0.3) is 0 Å². The van der Waals surface area contributed by atoms with Crippen molar-refractivity contribution >= 4 is 21.6 Å². The zero-order valence-corrected chi connectivity index (χ0v) is 13.7. The second-order valence-electron chi connectivity index (χ2n) is 4.64. The molecule has 1 heterocycles. The average Bonchev–Trinajstić information content (AvgIpc) is 2.43. The lowest BCUT2D eigenvalue weighted by molar-refractivity contribution is 0.0868. The lowest BCUT2D eigenvalue weighted by atomic mass is 10.2. The molecule has 0 amide bonds. The molecule has 1 aliphatic rings. The molecule has 5 nitrogen and oxygen atoms in total. The van der Waals surface area contributed by atoms with Crippen LogP contribution in [0.25, 0.3) is 0 Å². The monoisotopic (exact) mass is 310 g/mol. The Balaban J connectivity index is 2.83. The van der Waals surface area contributed by atoms with Gasteiger partial charge in [-0.05, 0) is 6.54 Å². The standard InChI is InChI=1S/C12H26N2O3S2/c1-4-13-8-11(9-17-3)14-6-7-18-10-12(14)19(15,16)5-2/h11-13H,4-10H2,1-3H3. The minimum absolute atomic E-state index is 0.122. The first-order chi connectivity index (χ1) is 9.06. The molecule has 1 N–H and O–H groups in total. The molecule has 1 aliphatic heterocycles. The highest BCUT2D eigenvalue weighted by atomic mass is 32.2. The summed E-state index contributed by atoms with van der Waals surface area (Å²) in [5.74, 6) is 1.86. The summed E-state index contributed by atoms with van der Waals surface area (Å²) in [7, 11) is -1.37. The van der Waals surface area contributed by atoms with Crippen LogP contribution in [0.5, 0.6) is 0 Å². The van der Waals surface area contributed by atoms with E-state index in [1.54, 1.807) is 25.8 Å². The van der Waals surface area contributed by atoms with Crippen molar-refractivity contribution in [3.63, 3.8) is 0 Å². The molecular formula is C12H26N2O3S2. The van der Waals surface area contributed by atoms with Gasteiger partial charge in [0.05, 0.1) is 6.61 Å². The van der Waals surface area contributed by atoms with Gasteiger partial charge < -0.3 is 10.1 Å². The van der Waals surface area contributed by atoms with E-state index < -0.39 is 9.84 Å². The fraction of sp³-hybridized carbons (Fsp3) is 1.00. The Kier molecular flexibility index (Phi) is 7.68. The highest BCUT2D eigenvalue weighted by molar-refractivity contribution is 8.01. The molecule has 2 atom stereocenters. The summed E-state index contributed by atoms with van der Waals surface area (Å²) >= 11 is 1.73. The Hall–Kier alpha value is 0.180. The van der Waals surface area contributed by atoms with E-state index in [0.29, 0.717) is 12.4 Å². The molecule has 1 fully saturated rings. The fourth-order valence-corrected chi connectivity index (χ4v) is 5.38. The first-order valence-electron chi connectivity index (χ1n) is 6.81. The van der Waals surface area contributed by atoms with Gasteiger partial charge in [0, 0.05) is 43.5 Å². The molecule has 2 unspecified atom stereocenters. The van der Waals surface area contributed by atoms with Crippen molar-refractivity contribution in [3.8, 4) is 0 Å². The van der Waals surface area contributed by atoms with Crippen molar-refractivity contribution in [2.24, 2.45) is 0 Å². The summed E-state index contributed by atoms with van der Waals surface area (Å²) in [6, 6.07) is 0.122. The van der Waals surface area contributed by atoms with E-state index in [-0.39, 0.29) is 17.2 Å². The van der Waals surface area contributed by atoms with E-state index >= 15 is 0 Å². The number of thioether (sulfide) groups is 1. The Bertz CT molecular complexity index is 349. The summed E-state index contributed by atoms with van der Waals surface area (Å²) in [6.07, 6.45) is 0. The van der Waals surface area contributed by atoms with E-state index in [0.717, 1.165) is 25.4 Å². The number of nitrogens with zero attached hydrogens (tertiary/aromatic N) is 1. The quantitative estimate of drug-likeness (QED) is 0.701. The molecule has 0 aromatic heterocycles. The third-order valence-corrected chi connectivity index (χ3v) is 6.70. The molecule has 0 aliphatic carbocycles. The minimum Gasteiger partial charge on any atom is -0.383 e. The van der Waals surface area contributed by atoms with Crippen molar-refractivity contribution in [3.05, 3.63) is 0 Å². The van der Waals surface area contributed by atoms with Crippen LogP contribution in [0, 0.1) is 0 Å². The van der Waals surface area contributed by atoms with Gasteiger partial charge in [0.2, 0.25) is 0 Å². The molecule has 0 aromatic carbocycles. The van der Waals surface area contributed by atoms with Crippen LogP contribution in [-0.4, -0.2) is 75.3 Å². The van der Waals surface area contributed by atoms with Crippen molar-refractivity contribution in [2.45, 2.75) is 25.3 Å². The van der Waals surface area contributed by atoms with Gasteiger partial charge in [-0.1, -0.05) is 13.8 Å². The van der Waals surface area contributed by atoms with Crippen LogP contribution in [0.4, 0.5) is 0 Å². The number of nitrogens with one attached hydrogen (secondary N) is 1. The number of ether oxygens (including phenoxy) is 1. The van der Waals surface area contributed by atoms with Crippen LogP contribution in [0.15, 0.2) is 0 Å². The van der Waals surface area contributed by atoms with Crippen LogP contribution in [0.2, 0.25) is 0 Å². The average molecular weight is 310 g/mol. The molecule has 0 spiro atoms. The van der Waals surface area contributed by atoms with E-state index in [4.69, 9.17) is 4.74 Å². The van der Waals surface area contributed by atoms with Crippen LogP contribution in [0.3, 0.4) is 0 Å². The number of hydrogen-bond acceptors (Lipinski definition) is 6. The number of methoxy groups -OCH3 is 1. The Morgan fingerprint density at radius 3 is 2.79 bits per heavy atom. The molecule has 7 heteroatoms. The molecule has 1 rings (SSSR count). The van der Waals surface area contributed by atoms with Gasteiger partial charge in [-0.3, -0.25) is 4.90 Å². The Morgan fingerprint density at radius 2 is 2.21 bits per heavy atom. The maximum atomic E-state index is 12.2. The predicted molar refractivity (Wildman–Crippen MR) is 81.5 cm³/mol. The molecule has 114 valence electrons. The van der Waals surface area contributed by atoms with Gasteiger partial charge in [-0.25, -0.2) is 8.42 Å². The molecule has 0 radical (unpaired) electrons. The highest BCUT2D eigenvalue weighted by Gasteiger charge is 2.36. The summed E-state index contributed by atoms with van der Waals surface area (Å²) in [6.45, 7) is 6.80. The summed E-state index contributed by atoms with van der Waals surface area (Å²) in [4.78, 5) is 2.11. The third kappa shape index (κ3) is 4.90. The summed E-state index contributed by atoms with van der Waals surface area (Å²) in [5.41, 5.74) is 0. The van der Waals surface area contributed by atoms with E-state index in [1.807, 2.05) is 0 Å². The maximum Gasteiger partial charge on any atom is 0.166 e. The topological polar surface area (TPSA) is 58.6 Å². The van der Waals surface area contributed by atoms with Crippen molar-refractivity contribution in [1.29, 1.82) is 0 Å². The minimum atomic E-state index is -3.04. The van der Waals surface area contributed by atoms with Gasteiger partial charge in [-0.15, -0.1) is 0 Å². The molecule has 0 aromatic rings. The number of hydrogen-bond donors (Lipinski definition) is 1. The number of sulfone groups is 1. The maximum absolute atomic E-state index is 12.2. The lowest BCUT2D eigenvalue weighted by Gasteiger charge is -2.40. The zero-order chi connectivity index (χ0) is 14.3. The SMILES string of the molecule is CCNCC(COC)N1CCSCC1S(=O)(=O)CC. The number of rotatable bonds is 8. The van der Waals surface area contributed by atoms with Gasteiger partial charge in [0.1, 0.15) is 5.37 Å². The summed E-state index contributed by atoms with van der Waals surface area (Å²) < 4.78 is 29.7. The van der Waals surface area contributed by atoms with E-state index in [2.05, 4.69) is 17.1 Å². The van der Waals surface area contributed by atoms with Crippen LogP contribution in [0.1, 0.15) is 13.8 Å². The predicted octanol–water partition coefficient (Wildman–Crippen LogP) is 0.421. The van der Waals surface area contributed by atoms with Crippen LogP contribution < -0.4 is 5.32 Å². The van der Waals surface area contributed by atoms with Gasteiger partial charge >= 0.3 is 0 Å². The first-order valence-corrected chi connectivity index (χ1v) is 9.68.